The van der Waals surface area contributed by atoms with Crippen LogP contribution < -0.4 is 10.9 Å². The smallest absolute Gasteiger partial charge is 0.270 e. The monoisotopic (exact) mass is 638 g/mol. The molecule has 0 fully saturated rings. The van der Waals surface area contributed by atoms with Crippen LogP contribution in [-0.2, 0) is 5.75 Å². The fourth-order valence-corrected chi connectivity index (χ4v) is 6.77. The Morgan fingerprint density at radius 1 is 0.930 bits per heavy atom. The van der Waals surface area contributed by atoms with Crippen molar-refractivity contribution in [2.24, 2.45) is 0 Å². The van der Waals surface area contributed by atoms with Gasteiger partial charge in [0.05, 0.1) is 15.7 Å². The van der Waals surface area contributed by atoms with Crippen molar-refractivity contribution >= 4 is 68.0 Å². The van der Waals surface area contributed by atoms with E-state index in [-0.39, 0.29) is 11.5 Å². The molecule has 0 radical (unpaired) electrons. The van der Waals surface area contributed by atoms with E-state index in [0.29, 0.717) is 43.5 Å². The van der Waals surface area contributed by atoms with Crippen LogP contribution in [0.1, 0.15) is 21.5 Å². The highest BCUT2D eigenvalue weighted by Crippen LogP contribution is 2.39. The summed E-state index contributed by atoms with van der Waals surface area (Å²) in [6.07, 6.45) is 0. The summed E-state index contributed by atoms with van der Waals surface area (Å²) in [6, 6.07) is 32.1. The van der Waals surface area contributed by atoms with E-state index in [9.17, 15) is 14.9 Å². The Morgan fingerprint density at radius 3 is 2.51 bits per heavy atom. The molecule has 1 amide bonds. The number of fused-ring (bicyclic) bond motifs is 1. The van der Waals surface area contributed by atoms with Crippen molar-refractivity contribution in [3.05, 3.63) is 134 Å². The highest BCUT2D eigenvalue weighted by molar-refractivity contribution is 7.98. The van der Waals surface area contributed by atoms with Gasteiger partial charge in [0.15, 0.2) is 5.16 Å². The number of thioether (sulfide) groups is 1. The van der Waals surface area contributed by atoms with Crippen molar-refractivity contribution in [2.75, 3.05) is 5.32 Å². The molecule has 6 rings (SSSR count). The molecule has 210 valence electrons. The average molecular weight is 640 g/mol. The molecule has 6 aromatic rings. The lowest BCUT2D eigenvalue weighted by atomic mass is 10.00. The molecule has 0 saturated carbocycles. The molecule has 0 atom stereocenters. The molecule has 10 heteroatoms. The van der Waals surface area contributed by atoms with Gasteiger partial charge in [0.2, 0.25) is 0 Å². The Kier molecular flexibility index (Phi) is 8.32. The van der Waals surface area contributed by atoms with Crippen LogP contribution in [0.2, 0.25) is 10.0 Å². The van der Waals surface area contributed by atoms with Crippen molar-refractivity contribution < 1.29 is 4.79 Å². The number of rotatable bonds is 7. The number of benzene rings is 4. The van der Waals surface area contributed by atoms with Gasteiger partial charge in [-0.05, 0) is 53.4 Å². The summed E-state index contributed by atoms with van der Waals surface area (Å²) < 4.78 is 1.15. The predicted octanol–water partition coefficient (Wildman–Crippen LogP) is 9.04. The normalized spacial score (nSPS) is 10.9. The average Bonchev–Trinajstić information content (AvgIpc) is 3.46. The first-order valence-corrected chi connectivity index (χ1v) is 15.6. The van der Waals surface area contributed by atoms with Crippen LogP contribution in [0.3, 0.4) is 0 Å². The second-order valence-corrected chi connectivity index (χ2v) is 12.3. The molecule has 2 N–H and O–H groups in total. The van der Waals surface area contributed by atoms with Gasteiger partial charge < -0.3 is 10.3 Å². The molecule has 0 spiro atoms. The van der Waals surface area contributed by atoms with Crippen LogP contribution >= 0.6 is 46.3 Å². The standard InChI is InChI=1S/C33H20Cl2N4O2S2/c34-26-13-12-21(15-27(26)35)31(40)37-22-8-5-6-19(14-22)18-42-33-38-30(25(17-36)32(41)39-33)24-10-3-2-9-23(24)29-16-20-7-1-4-11-28(20)43-29/h1-16H,18H2,(H,37,40)(H,38,39,41). The number of hydrogen-bond donors (Lipinski definition) is 2. The first kappa shape index (κ1) is 28.7. The van der Waals surface area contributed by atoms with Gasteiger partial charge in [-0.15, -0.1) is 11.3 Å². The lowest BCUT2D eigenvalue weighted by molar-refractivity contribution is 0.102. The Balaban J connectivity index is 1.26. The Morgan fingerprint density at radius 2 is 1.72 bits per heavy atom. The lowest BCUT2D eigenvalue weighted by Gasteiger charge is -2.11. The highest BCUT2D eigenvalue weighted by atomic mass is 35.5. The van der Waals surface area contributed by atoms with Gasteiger partial charge in [0, 0.05) is 37.7 Å². The summed E-state index contributed by atoms with van der Waals surface area (Å²) in [5, 5.41) is 14.9. The molecule has 0 aliphatic heterocycles. The van der Waals surface area contributed by atoms with E-state index in [1.165, 1.54) is 17.8 Å². The van der Waals surface area contributed by atoms with Crippen LogP contribution in [-0.4, -0.2) is 15.9 Å². The molecule has 2 heterocycles. The first-order chi connectivity index (χ1) is 20.9. The second kappa shape index (κ2) is 12.5. The molecular formula is C33H20Cl2N4O2S2. The van der Waals surface area contributed by atoms with Gasteiger partial charge in [0.1, 0.15) is 11.6 Å². The van der Waals surface area contributed by atoms with Gasteiger partial charge in [-0.1, -0.05) is 89.6 Å². The van der Waals surface area contributed by atoms with Crippen LogP contribution in [0.4, 0.5) is 5.69 Å². The van der Waals surface area contributed by atoms with Crippen molar-refractivity contribution in [3.8, 4) is 27.8 Å². The zero-order valence-electron chi connectivity index (χ0n) is 22.2. The molecule has 43 heavy (non-hydrogen) atoms. The number of nitriles is 1. The number of anilines is 1. The summed E-state index contributed by atoms with van der Waals surface area (Å²) >= 11 is 15.0. The SMILES string of the molecule is N#Cc1c(-c2ccccc2-c2cc3ccccc3s2)nc(SCc2cccc(NC(=O)c3ccc(Cl)c(Cl)c3)c2)[nH]c1=O. The molecule has 2 aromatic heterocycles. The molecule has 0 bridgehead atoms. The van der Waals surface area contributed by atoms with Crippen molar-refractivity contribution in [1.29, 1.82) is 5.26 Å². The summed E-state index contributed by atoms with van der Waals surface area (Å²) in [5.74, 6) is 0.145. The highest BCUT2D eigenvalue weighted by Gasteiger charge is 2.18. The number of nitrogens with zero attached hydrogens (tertiary/aromatic N) is 2. The van der Waals surface area contributed by atoms with E-state index in [1.807, 2.05) is 60.7 Å². The third-order valence-electron chi connectivity index (χ3n) is 6.62. The third-order valence-corrected chi connectivity index (χ3v) is 9.46. The molecular weight excluding hydrogens is 619 g/mol. The Bertz CT molecular complexity index is 2080. The maximum Gasteiger partial charge on any atom is 0.270 e. The number of thiophene rings is 1. The van der Waals surface area contributed by atoms with E-state index >= 15 is 0 Å². The Labute approximate surface area is 265 Å². The van der Waals surface area contributed by atoms with E-state index in [4.69, 9.17) is 28.2 Å². The number of nitrogens with one attached hydrogen (secondary N) is 2. The molecule has 6 nitrogen and oxygen atoms in total. The molecule has 0 saturated heterocycles. The van der Waals surface area contributed by atoms with E-state index in [1.54, 1.807) is 29.5 Å². The fraction of sp³-hybridized carbons (Fsp3) is 0.0303. The molecule has 0 unspecified atom stereocenters. The van der Waals surface area contributed by atoms with Gasteiger partial charge in [0.25, 0.3) is 11.5 Å². The number of amides is 1. The molecule has 4 aromatic carbocycles. The van der Waals surface area contributed by atoms with Crippen molar-refractivity contribution in [2.45, 2.75) is 10.9 Å². The van der Waals surface area contributed by atoms with Gasteiger partial charge in [-0.25, -0.2) is 4.98 Å². The van der Waals surface area contributed by atoms with Crippen LogP contribution in [0, 0.1) is 11.3 Å². The van der Waals surface area contributed by atoms with Crippen molar-refractivity contribution in [1.82, 2.24) is 9.97 Å². The fourth-order valence-electron chi connectivity index (χ4n) is 4.57. The number of carbonyl (C=O) groups excluding carboxylic acids is 1. The Hall–Kier alpha value is -4.39. The second-order valence-electron chi connectivity index (χ2n) is 9.47. The van der Waals surface area contributed by atoms with E-state index in [2.05, 4.69) is 28.5 Å². The summed E-state index contributed by atoms with van der Waals surface area (Å²) in [5.41, 5.74) is 3.31. The van der Waals surface area contributed by atoms with Gasteiger partial charge in [-0.3, -0.25) is 9.59 Å². The quantitative estimate of drug-likeness (QED) is 0.134. The molecule has 0 aliphatic rings. The number of halogens is 2. The minimum atomic E-state index is -0.496. The van der Waals surface area contributed by atoms with Crippen LogP contribution in [0.25, 0.3) is 31.8 Å². The maximum atomic E-state index is 13.0. The number of aromatic nitrogens is 2. The minimum Gasteiger partial charge on any atom is -0.322 e. The third kappa shape index (κ3) is 6.21. The van der Waals surface area contributed by atoms with E-state index < -0.39 is 5.56 Å². The zero-order valence-corrected chi connectivity index (χ0v) is 25.4. The topological polar surface area (TPSA) is 98.6 Å². The first-order valence-electron chi connectivity index (χ1n) is 13.0. The largest absolute Gasteiger partial charge is 0.322 e. The molecule has 0 aliphatic carbocycles. The van der Waals surface area contributed by atoms with Crippen LogP contribution in [0.5, 0.6) is 0 Å². The predicted molar refractivity (Wildman–Crippen MR) is 176 cm³/mol. The number of hydrogen-bond acceptors (Lipinski definition) is 6. The summed E-state index contributed by atoms with van der Waals surface area (Å²) in [7, 11) is 0. The van der Waals surface area contributed by atoms with Crippen LogP contribution in [0.15, 0.2) is 107 Å². The van der Waals surface area contributed by atoms with Gasteiger partial charge in [-0.2, -0.15) is 5.26 Å². The number of H-pyrrole nitrogens is 1. The number of aromatic amines is 1. The maximum absolute atomic E-state index is 13.0. The minimum absolute atomic E-state index is 0.0371. The van der Waals surface area contributed by atoms with Crippen molar-refractivity contribution in [3.63, 3.8) is 0 Å². The lowest BCUT2D eigenvalue weighted by Crippen LogP contribution is -2.15. The zero-order chi connectivity index (χ0) is 29.9. The summed E-state index contributed by atoms with van der Waals surface area (Å²) in [4.78, 5) is 34.3. The van der Waals surface area contributed by atoms with Gasteiger partial charge >= 0.3 is 0 Å². The summed E-state index contributed by atoms with van der Waals surface area (Å²) in [6.45, 7) is 0. The number of carbonyl (C=O) groups is 1. The van der Waals surface area contributed by atoms with E-state index in [0.717, 1.165) is 26.1 Å².